The maximum atomic E-state index is 5.62. The summed E-state index contributed by atoms with van der Waals surface area (Å²) in [6.45, 7) is 9.73. The lowest BCUT2D eigenvalue weighted by Gasteiger charge is -2.36. The molecule has 1 aliphatic rings. The summed E-state index contributed by atoms with van der Waals surface area (Å²) in [5.41, 5.74) is 1.40. The predicted octanol–water partition coefficient (Wildman–Crippen LogP) is 3.48. The van der Waals surface area contributed by atoms with E-state index in [-0.39, 0.29) is 5.41 Å². The summed E-state index contributed by atoms with van der Waals surface area (Å²) < 4.78 is 12.1. The van der Waals surface area contributed by atoms with Gasteiger partial charge < -0.3 is 20.1 Å². The first kappa shape index (κ1) is 21.2. The van der Waals surface area contributed by atoms with Crippen molar-refractivity contribution in [1.82, 2.24) is 10.6 Å². The van der Waals surface area contributed by atoms with Crippen molar-refractivity contribution in [1.29, 1.82) is 0 Å². The molecule has 1 aromatic carbocycles. The SMILES string of the molecule is CCNC(=NCC1(c2ccc(Br)cc2)CCOCC1)NCCCOCC. The number of nitrogens with zero attached hydrogens (tertiary/aromatic N) is 1. The third kappa shape index (κ3) is 6.56. The zero-order valence-corrected chi connectivity index (χ0v) is 17.6. The highest BCUT2D eigenvalue weighted by atomic mass is 79.9. The number of aliphatic imine (C=N–C) groups is 1. The number of hydrogen-bond acceptors (Lipinski definition) is 3. The minimum absolute atomic E-state index is 0.0482. The minimum atomic E-state index is 0.0482. The van der Waals surface area contributed by atoms with Crippen LogP contribution in [-0.2, 0) is 14.9 Å². The zero-order valence-electron chi connectivity index (χ0n) is 16.0. The molecule has 5 nitrogen and oxygen atoms in total. The van der Waals surface area contributed by atoms with E-state index in [1.807, 2.05) is 6.92 Å². The molecule has 0 radical (unpaired) electrons. The van der Waals surface area contributed by atoms with E-state index in [9.17, 15) is 0 Å². The fourth-order valence-corrected chi connectivity index (χ4v) is 3.47. The molecule has 146 valence electrons. The average Bonchev–Trinajstić information content (AvgIpc) is 2.67. The monoisotopic (exact) mass is 425 g/mol. The van der Waals surface area contributed by atoms with Gasteiger partial charge in [-0.25, -0.2) is 0 Å². The van der Waals surface area contributed by atoms with Gasteiger partial charge in [-0.2, -0.15) is 0 Å². The summed E-state index contributed by atoms with van der Waals surface area (Å²) in [5, 5.41) is 6.77. The molecule has 0 amide bonds. The Morgan fingerprint density at radius 3 is 2.58 bits per heavy atom. The molecular weight excluding hydrogens is 394 g/mol. The van der Waals surface area contributed by atoms with Crippen molar-refractivity contribution in [2.24, 2.45) is 4.99 Å². The van der Waals surface area contributed by atoms with E-state index in [0.29, 0.717) is 0 Å². The maximum absolute atomic E-state index is 5.62. The molecule has 1 aliphatic heterocycles. The largest absolute Gasteiger partial charge is 0.382 e. The second-order valence-electron chi connectivity index (χ2n) is 6.57. The zero-order chi connectivity index (χ0) is 18.7. The lowest BCUT2D eigenvalue weighted by molar-refractivity contribution is 0.0531. The fourth-order valence-electron chi connectivity index (χ4n) is 3.20. The van der Waals surface area contributed by atoms with Gasteiger partial charge in [0.15, 0.2) is 5.96 Å². The van der Waals surface area contributed by atoms with Gasteiger partial charge in [-0.1, -0.05) is 28.1 Å². The first-order chi connectivity index (χ1) is 12.7. The summed E-state index contributed by atoms with van der Waals surface area (Å²) >= 11 is 3.53. The Morgan fingerprint density at radius 2 is 1.92 bits per heavy atom. The van der Waals surface area contributed by atoms with Crippen LogP contribution in [0.15, 0.2) is 33.7 Å². The number of rotatable bonds is 9. The van der Waals surface area contributed by atoms with Crippen LogP contribution in [0, 0.1) is 0 Å². The summed E-state index contributed by atoms with van der Waals surface area (Å²) in [5.74, 6) is 0.881. The summed E-state index contributed by atoms with van der Waals surface area (Å²) in [6, 6.07) is 8.67. The number of guanidine groups is 1. The first-order valence-corrected chi connectivity index (χ1v) is 10.4. The third-order valence-corrected chi connectivity index (χ3v) is 5.28. The van der Waals surface area contributed by atoms with Crippen LogP contribution in [0.1, 0.15) is 38.7 Å². The van der Waals surface area contributed by atoms with Gasteiger partial charge in [0, 0.05) is 49.4 Å². The number of benzene rings is 1. The Hall–Kier alpha value is -1.11. The van der Waals surface area contributed by atoms with Gasteiger partial charge in [0.25, 0.3) is 0 Å². The van der Waals surface area contributed by atoms with Crippen LogP contribution in [0.5, 0.6) is 0 Å². The van der Waals surface area contributed by atoms with Gasteiger partial charge in [-0.05, 0) is 50.8 Å². The fraction of sp³-hybridized carbons (Fsp3) is 0.650. The van der Waals surface area contributed by atoms with Gasteiger partial charge in [-0.15, -0.1) is 0 Å². The molecule has 2 N–H and O–H groups in total. The predicted molar refractivity (Wildman–Crippen MR) is 111 cm³/mol. The summed E-state index contributed by atoms with van der Waals surface area (Å²) in [4.78, 5) is 4.91. The highest BCUT2D eigenvalue weighted by molar-refractivity contribution is 9.10. The number of nitrogens with one attached hydrogen (secondary N) is 2. The molecule has 0 unspecified atom stereocenters. The number of halogens is 1. The molecule has 26 heavy (non-hydrogen) atoms. The van der Waals surface area contributed by atoms with E-state index in [1.54, 1.807) is 0 Å². The van der Waals surface area contributed by atoms with Crippen LogP contribution >= 0.6 is 15.9 Å². The molecule has 1 aromatic rings. The molecular formula is C20H32BrN3O2. The van der Waals surface area contributed by atoms with Crippen LogP contribution in [-0.4, -0.2) is 52.0 Å². The first-order valence-electron chi connectivity index (χ1n) is 9.64. The smallest absolute Gasteiger partial charge is 0.191 e. The normalized spacial score (nSPS) is 17.1. The lowest BCUT2D eigenvalue weighted by atomic mass is 9.74. The Bertz CT molecular complexity index is 542. The van der Waals surface area contributed by atoms with Crippen LogP contribution in [0.4, 0.5) is 0 Å². The summed E-state index contributed by atoms with van der Waals surface area (Å²) in [7, 11) is 0. The molecule has 2 rings (SSSR count). The number of hydrogen-bond donors (Lipinski definition) is 2. The Morgan fingerprint density at radius 1 is 1.19 bits per heavy atom. The standard InChI is InChI=1S/C20H32BrN3O2/c1-3-22-19(23-12-5-13-25-4-2)24-16-20(10-14-26-15-11-20)17-6-8-18(21)9-7-17/h6-9H,3-5,10-16H2,1-2H3,(H2,22,23,24). The van der Waals surface area contributed by atoms with E-state index in [1.165, 1.54) is 5.56 Å². The molecule has 1 heterocycles. The molecule has 0 spiro atoms. The van der Waals surface area contributed by atoms with Crippen LogP contribution in [0.3, 0.4) is 0 Å². The van der Waals surface area contributed by atoms with Gasteiger partial charge in [-0.3, -0.25) is 4.99 Å². The van der Waals surface area contributed by atoms with Crippen molar-refractivity contribution >= 4 is 21.9 Å². The van der Waals surface area contributed by atoms with Crippen molar-refractivity contribution in [3.8, 4) is 0 Å². The van der Waals surface area contributed by atoms with Gasteiger partial charge in [0.2, 0.25) is 0 Å². The van der Waals surface area contributed by atoms with Gasteiger partial charge >= 0.3 is 0 Å². The van der Waals surface area contributed by atoms with Crippen LogP contribution < -0.4 is 10.6 Å². The Kier molecular flexibility index (Phi) is 9.43. The van der Waals surface area contributed by atoms with E-state index in [2.05, 4.69) is 57.8 Å². The topological polar surface area (TPSA) is 54.9 Å². The molecule has 0 atom stereocenters. The van der Waals surface area contributed by atoms with Crippen molar-refractivity contribution in [2.75, 3.05) is 46.1 Å². The van der Waals surface area contributed by atoms with Crippen molar-refractivity contribution in [2.45, 2.75) is 38.5 Å². The second-order valence-corrected chi connectivity index (χ2v) is 7.49. The van der Waals surface area contributed by atoms with E-state index in [4.69, 9.17) is 14.5 Å². The molecule has 0 aromatic heterocycles. The quantitative estimate of drug-likeness (QED) is 0.361. The molecule has 6 heteroatoms. The second kappa shape index (κ2) is 11.6. The highest BCUT2D eigenvalue weighted by Crippen LogP contribution is 2.35. The van der Waals surface area contributed by atoms with Crippen molar-refractivity contribution < 1.29 is 9.47 Å². The highest BCUT2D eigenvalue weighted by Gasteiger charge is 2.34. The van der Waals surface area contributed by atoms with E-state index < -0.39 is 0 Å². The molecule has 1 saturated heterocycles. The Labute approximate surface area is 166 Å². The maximum Gasteiger partial charge on any atom is 0.191 e. The van der Waals surface area contributed by atoms with Crippen molar-refractivity contribution in [3.63, 3.8) is 0 Å². The molecule has 1 fully saturated rings. The van der Waals surface area contributed by atoms with Crippen LogP contribution in [0.2, 0.25) is 0 Å². The Balaban J connectivity index is 2.04. The van der Waals surface area contributed by atoms with E-state index in [0.717, 1.165) is 75.8 Å². The van der Waals surface area contributed by atoms with Crippen molar-refractivity contribution in [3.05, 3.63) is 34.3 Å². The van der Waals surface area contributed by atoms with E-state index >= 15 is 0 Å². The van der Waals surface area contributed by atoms with Gasteiger partial charge in [0.1, 0.15) is 0 Å². The number of ether oxygens (including phenoxy) is 2. The average molecular weight is 426 g/mol. The molecule has 0 aliphatic carbocycles. The van der Waals surface area contributed by atoms with Crippen LogP contribution in [0.25, 0.3) is 0 Å². The third-order valence-electron chi connectivity index (χ3n) is 4.75. The van der Waals surface area contributed by atoms with Gasteiger partial charge in [0.05, 0.1) is 6.54 Å². The molecule has 0 saturated carbocycles. The molecule has 0 bridgehead atoms. The minimum Gasteiger partial charge on any atom is -0.382 e. The summed E-state index contributed by atoms with van der Waals surface area (Å²) in [6.07, 6.45) is 2.98. The lowest BCUT2D eigenvalue weighted by Crippen LogP contribution is -2.41.